The fourth-order valence-electron chi connectivity index (χ4n) is 2.40. The molecule has 1 aromatic rings. The molecule has 6 nitrogen and oxygen atoms in total. The van der Waals surface area contributed by atoms with Gasteiger partial charge in [-0.05, 0) is 33.8 Å². The average molecular weight is 278 g/mol. The predicted octanol–water partition coefficient (Wildman–Crippen LogP) is 1.16. The third-order valence-electron chi connectivity index (χ3n) is 3.25. The number of nitrogens with one attached hydrogen (secondary N) is 1. The first-order valence-corrected chi connectivity index (χ1v) is 6.55. The van der Waals surface area contributed by atoms with Gasteiger partial charge >= 0.3 is 0 Å². The van der Waals surface area contributed by atoms with Gasteiger partial charge in [-0.15, -0.1) is 0 Å². The zero-order valence-corrected chi connectivity index (χ0v) is 12.0. The van der Waals surface area contributed by atoms with Gasteiger partial charge in [0.25, 0.3) is 11.8 Å². The largest absolute Gasteiger partial charge is 0.456 e. The maximum absolute atomic E-state index is 12.1. The van der Waals surface area contributed by atoms with E-state index in [0.29, 0.717) is 11.3 Å². The van der Waals surface area contributed by atoms with Crippen molar-refractivity contribution >= 4 is 17.7 Å². The van der Waals surface area contributed by atoms with E-state index >= 15 is 0 Å². The lowest BCUT2D eigenvalue weighted by Gasteiger charge is -2.19. The van der Waals surface area contributed by atoms with Crippen molar-refractivity contribution in [2.75, 3.05) is 0 Å². The summed E-state index contributed by atoms with van der Waals surface area (Å²) in [6.07, 6.45) is 0.00148. The molecule has 2 rings (SSSR count). The fourth-order valence-corrected chi connectivity index (χ4v) is 2.40. The number of aryl methyl sites for hydroxylation is 2. The topological polar surface area (TPSA) is 79.6 Å². The van der Waals surface area contributed by atoms with Crippen molar-refractivity contribution in [3.8, 4) is 0 Å². The molecule has 3 amide bonds. The van der Waals surface area contributed by atoms with E-state index in [9.17, 15) is 14.4 Å². The lowest BCUT2D eigenvalue weighted by molar-refractivity contribution is -0.140. The van der Waals surface area contributed by atoms with E-state index in [0.717, 1.165) is 0 Å². The summed E-state index contributed by atoms with van der Waals surface area (Å²) in [5.41, 5.74) is 0.706. The summed E-state index contributed by atoms with van der Waals surface area (Å²) in [5, 5.41) is 2.57. The summed E-state index contributed by atoms with van der Waals surface area (Å²) in [4.78, 5) is 37.1. The molecule has 0 radical (unpaired) electrons. The third-order valence-corrected chi connectivity index (χ3v) is 3.25. The van der Waals surface area contributed by atoms with E-state index in [1.807, 2.05) is 0 Å². The summed E-state index contributed by atoms with van der Waals surface area (Å²) in [6.45, 7) is 7.03. The van der Waals surface area contributed by atoms with Crippen LogP contribution in [-0.4, -0.2) is 34.7 Å². The van der Waals surface area contributed by atoms with Crippen LogP contribution >= 0.6 is 0 Å². The molecule has 1 saturated heterocycles. The molecule has 1 aliphatic heterocycles. The molecular weight excluding hydrogens is 260 g/mol. The Bertz CT molecular complexity index is 574. The minimum absolute atomic E-state index is 0.00148. The highest BCUT2D eigenvalue weighted by Crippen LogP contribution is 2.18. The highest BCUT2D eigenvalue weighted by atomic mass is 16.3. The number of carbonyl (C=O) groups is 3. The third kappa shape index (κ3) is 2.45. The van der Waals surface area contributed by atoms with Crippen LogP contribution in [0, 0.1) is 13.8 Å². The highest BCUT2D eigenvalue weighted by molar-refractivity contribution is 6.08. The highest BCUT2D eigenvalue weighted by Gasteiger charge is 2.41. The Kier molecular flexibility index (Phi) is 3.65. The van der Waals surface area contributed by atoms with Gasteiger partial charge in [0, 0.05) is 11.6 Å². The number of hydrogen-bond acceptors (Lipinski definition) is 4. The van der Waals surface area contributed by atoms with Crippen molar-refractivity contribution in [2.45, 2.75) is 46.2 Å². The van der Waals surface area contributed by atoms with Crippen LogP contribution in [0.25, 0.3) is 0 Å². The van der Waals surface area contributed by atoms with Crippen molar-refractivity contribution in [3.05, 3.63) is 23.2 Å². The molecule has 1 N–H and O–H groups in total. The molecule has 0 bridgehead atoms. The number of nitrogens with zero attached hydrogens (tertiary/aromatic N) is 1. The number of amides is 3. The van der Waals surface area contributed by atoms with Crippen LogP contribution in [0.15, 0.2) is 10.5 Å². The molecule has 0 aromatic carbocycles. The summed E-state index contributed by atoms with van der Waals surface area (Å²) in [6, 6.07) is 0.739. The van der Waals surface area contributed by atoms with Crippen molar-refractivity contribution in [1.29, 1.82) is 0 Å². The molecule has 0 spiro atoms. The average Bonchev–Trinajstić information content (AvgIpc) is 2.79. The molecule has 1 aromatic heterocycles. The summed E-state index contributed by atoms with van der Waals surface area (Å²) < 4.78 is 5.30. The molecule has 2 heterocycles. The van der Waals surface area contributed by atoms with E-state index in [2.05, 4.69) is 5.32 Å². The second kappa shape index (κ2) is 5.11. The van der Waals surface area contributed by atoms with Gasteiger partial charge in [-0.25, -0.2) is 0 Å². The molecule has 0 saturated carbocycles. The zero-order valence-electron chi connectivity index (χ0n) is 12.0. The Hall–Kier alpha value is -2.11. The number of imide groups is 1. The predicted molar refractivity (Wildman–Crippen MR) is 71.0 cm³/mol. The minimum atomic E-state index is -0.804. The van der Waals surface area contributed by atoms with Gasteiger partial charge in [-0.3, -0.25) is 19.3 Å². The van der Waals surface area contributed by atoms with E-state index < -0.39 is 11.9 Å². The summed E-state index contributed by atoms with van der Waals surface area (Å²) in [7, 11) is 0. The first-order valence-electron chi connectivity index (χ1n) is 6.55. The van der Waals surface area contributed by atoms with Gasteiger partial charge in [0.15, 0.2) is 5.76 Å². The van der Waals surface area contributed by atoms with Crippen LogP contribution in [0.1, 0.15) is 42.1 Å². The lowest BCUT2D eigenvalue weighted by atomic mass is 10.2. The maximum Gasteiger partial charge on any atom is 0.287 e. The minimum Gasteiger partial charge on any atom is -0.456 e. The van der Waals surface area contributed by atoms with Crippen LogP contribution in [0.4, 0.5) is 0 Å². The molecule has 1 atom stereocenters. The standard InChI is InChI=1S/C14H18N2O4/c1-7(2)16-11(17)6-10(14(16)19)15-13(18)12-8(3)5-9(4)20-12/h5,7,10H,6H2,1-4H3,(H,15,18)/t10-/m1/s1. The van der Waals surface area contributed by atoms with Gasteiger partial charge in [0.05, 0.1) is 6.42 Å². The van der Waals surface area contributed by atoms with Crippen molar-refractivity contribution in [2.24, 2.45) is 0 Å². The van der Waals surface area contributed by atoms with Crippen LogP contribution in [0.5, 0.6) is 0 Å². The molecule has 1 fully saturated rings. The van der Waals surface area contributed by atoms with Crippen LogP contribution in [0.3, 0.4) is 0 Å². The lowest BCUT2D eigenvalue weighted by Crippen LogP contribution is -2.43. The first kappa shape index (κ1) is 14.3. The smallest absolute Gasteiger partial charge is 0.287 e. The number of likely N-dealkylation sites (tertiary alicyclic amines) is 1. The van der Waals surface area contributed by atoms with Gasteiger partial charge in [0.1, 0.15) is 11.8 Å². The molecule has 0 unspecified atom stereocenters. The Morgan fingerprint density at radius 2 is 2.05 bits per heavy atom. The van der Waals surface area contributed by atoms with Gasteiger partial charge in [-0.2, -0.15) is 0 Å². The number of rotatable bonds is 3. The first-order chi connectivity index (χ1) is 9.31. The summed E-state index contributed by atoms with van der Waals surface area (Å²) in [5.74, 6) is -0.273. The van der Waals surface area contributed by atoms with Crippen LogP contribution < -0.4 is 5.32 Å². The Balaban J connectivity index is 2.12. The Labute approximate surface area is 117 Å². The molecule has 108 valence electrons. The molecular formula is C14H18N2O4. The second-order valence-corrected chi connectivity index (χ2v) is 5.30. The summed E-state index contributed by atoms with van der Waals surface area (Å²) >= 11 is 0. The van der Waals surface area contributed by atoms with Crippen molar-refractivity contribution in [3.63, 3.8) is 0 Å². The van der Waals surface area contributed by atoms with E-state index in [-0.39, 0.29) is 30.0 Å². The molecule has 20 heavy (non-hydrogen) atoms. The number of furan rings is 1. The van der Waals surface area contributed by atoms with Crippen molar-refractivity contribution < 1.29 is 18.8 Å². The normalized spacial score (nSPS) is 19.1. The number of hydrogen-bond donors (Lipinski definition) is 1. The fraction of sp³-hybridized carbons (Fsp3) is 0.500. The van der Waals surface area contributed by atoms with Crippen LogP contribution in [-0.2, 0) is 9.59 Å². The van der Waals surface area contributed by atoms with E-state index in [1.54, 1.807) is 33.8 Å². The quantitative estimate of drug-likeness (QED) is 0.841. The molecule has 0 aliphatic carbocycles. The SMILES string of the molecule is Cc1cc(C)c(C(=O)N[C@@H]2CC(=O)N(C(C)C)C2=O)o1. The monoisotopic (exact) mass is 278 g/mol. The molecule has 1 aliphatic rings. The molecule has 6 heteroatoms. The zero-order chi connectivity index (χ0) is 15.0. The van der Waals surface area contributed by atoms with Gasteiger partial charge < -0.3 is 9.73 Å². The van der Waals surface area contributed by atoms with E-state index in [1.165, 1.54) is 4.90 Å². The van der Waals surface area contributed by atoms with E-state index in [4.69, 9.17) is 4.42 Å². The Morgan fingerprint density at radius 3 is 2.50 bits per heavy atom. The van der Waals surface area contributed by atoms with Gasteiger partial charge in [0.2, 0.25) is 5.91 Å². The number of carbonyl (C=O) groups excluding carboxylic acids is 3. The van der Waals surface area contributed by atoms with Gasteiger partial charge in [-0.1, -0.05) is 0 Å². The van der Waals surface area contributed by atoms with Crippen molar-refractivity contribution in [1.82, 2.24) is 10.2 Å². The maximum atomic E-state index is 12.1. The van der Waals surface area contributed by atoms with Crippen LogP contribution in [0.2, 0.25) is 0 Å². The Morgan fingerprint density at radius 1 is 1.40 bits per heavy atom. The second-order valence-electron chi connectivity index (χ2n) is 5.30.